The van der Waals surface area contributed by atoms with Gasteiger partial charge in [0.05, 0.1) is 6.61 Å². The maximum Gasteiger partial charge on any atom is 0.0540 e. The molecule has 0 atom stereocenters. The lowest BCUT2D eigenvalue weighted by Gasteiger charge is -2.03. The van der Waals surface area contributed by atoms with Gasteiger partial charge in [-0.1, -0.05) is 36.4 Å². The molecule has 98 valence electrons. The van der Waals surface area contributed by atoms with E-state index in [-0.39, 0.29) is 13.2 Å². The molecule has 0 aromatic heterocycles. The molecule has 2 nitrogen and oxygen atoms in total. The van der Waals surface area contributed by atoms with E-state index in [0.717, 1.165) is 6.42 Å². The van der Waals surface area contributed by atoms with Gasteiger partial charge in [0.2, 0.25) is 0 Å². The van der Waals surface area contributed by atoms with Crippen molar-refractivity contribution in [3.63, 3.8) is 0 Å². The zero-order chi connectivity index (χ0) is 13.6. The van der Waals surface area contributed by atoms with Crippen LogP contribution in [0, 0.1) is 11.8 Å². The summed E-state index contributed by atoms with van der Waals surface area (Å²) in [6, 6.07) is 10.1. The molecular weight excluding hydrogens is 224 g/mol. The first-order valence-electron chi connectivity index (χ1n) is 6.12. The molecular formula is C16H22O2. The Morgan fingerprint density at radius 3 is 2.22 bits per heavy atom. The Morgan fingerprint density at radius 1 is 1.17 bits per heavy atom. The highest BCUT2D eigenvalue weighted by atomic mass is 16.3. The average Bonchev–Trinajstić information content (AvgIpc) is 2.44. The Labute approximate surface area is 110 Å². The predicted octanol–water partition coefficient (Wildman–Crippen LogP) is 2.86. The van der Waals surface area contributed by atoms with Gasteiger partial charge in [-0.2, -0.15) is 0 Å². The Bertz CT molecular complexity index is 383. The lowest BCUT2D eigenvalue weighted by molar-refractivity contribution is 0.304. The van der Waals surface area contributed by atoms with Crippen LogP contribution in [0.5, 0.6) is 0 Å². The molecule has 1 aromatic carbocycles. The van der Waals surface area contributed by atoms with Crippen molar-refractivity contribution < 1.29 is 10.2 Å². The molecule has 0 unspecified atom stereocenters. The van der Waals surface area contributed by atoms with Gasteiger partial charge >= 0.3 is 0 Å². The molecule has 2 N–H and O–H groups in total. The standard InChI is InChI=1S/C11H14O.C5H8O/c1-2-10(8-9-12)11-6-4-3-5-7-11;1-2-3-4-5-6/h2-7,12H,8-9H2,1H3;6H,4-5H2,1H3/b10-2+;. The summed E-state index contributed by atoms with van der Waals surface area (Å²) in [5.74, 6) is 5.36. The highest BCUT2D eigenvalue weighted by molar-refractivity contribution is 5.65. The summed E-state index contributed by atoms with van der Waals surface area (Å²) in [6.07, 6.45) is 3.39. The molecule has 0 saturated carbocycles. The number of aliphatic hydroxyl groups is 2. The van der Waals surface area contributed by atoms with Gasteiger partial charge in [0.15, 0.2) is 0 Å². The monoisotopic (exact) mass is 246 g/mol. The topological polar surface area (TPSA) is 40.5 Å². The molecule has 0 aliphatic heterocycles. The number of rotatable bonds is 4. The van der Waals surface area contributed by atoms with Crippen LogP contribution in [0.2, 0.25) is 0 Å². The SMILES string of the molecule is C/C=C(\CCO)c1ccccc1.CC#CCCO. The molecule has 0 aliphatic carbocycles. The highest BCUT2D eigenvalue weighted by Gasteiger charge is 1.97. The third-order valence-corrected chi connectivity index (χ3v) is 2.29. The van der Waals surface area contributed by atoms with Crippen molar-refractivity contribution in [3.8, 4) is 11.8 Å². The Hall–Kier alpha value is -1.56. The van der Waals surface area contributed by atoms with Gasteiger partial charge in [0.1, 0.15) is 0 Å². The van der Waals surface area contributed by atoms with Gasteiger partial charge in [-0.05, 0) is 31.4 Å². The van der Waals surface area contributed by atoms with Crippen LogP contribution in [0.4, 0.5) is 0 Å². The van der Waals surface area contributed by atoms with Crippen LogP contribution >= 0.6 is 0 Å². The van der Waals surface area contributed by atoms with Crippen molar-refractivity contribution >= 4 is 5.57 Å². The fourth-order valence-corrected chi connectivity index (χ4v) is 1.41. The van der Waals surface area contributed by atoms with Crippen LogP contribution in [0.3, 0.4) is 0 Å². The van der Waals surface area contributed by atoms with Gasteiger partial charge in [-0.15, -0.1) is 11.8 Å². The number of benzene rings is 1. The van der Waals surface area contributed by atoms with E-state index in [1.54, 1.807) is 6.92 Å². The summed E-state index contributed by atoms with van der Waals surface area (Å²) in [6.45, 7) is 4.16. The molecule has 0 radical (unpaired) electrons. The molecule has 0 amide bonds. The third kappa shape index (κ3) is 7.67. The number of allylic oxidation sites excluding steroid dienone is 1. The summed E-state index contributed by atoms with van der Waals surface area (Å²) < 4.78 is 0. The van der Waals surface area contributed by atoms with Gasteiger partial charge in [-0.25, -0.2) is 0 Å². The second kappa shape index (κ2) is 11.9. The van der Waals surface area contributed by atoms with Crippen molar-refractivity contribution in [2.75, 3.05) is 13.2 Å². The second-order valence-corrected chi connectivity index (χ2v) is 3.55. The van der Waals surface area contributed by atoms with Crippen molar-refractivity contribution in [2.45, 2.75) is 26.7 Å². The summed E-state index contributed by atoms with van der Waals surface area (Å²) in [4.78, 5) is 0. The third-order valence-electron chi connectivity index (χ3n) is 2.29. The van der Waals surface area contributed by atoms with Gasteiger partial charge < -0.3 is 10.2 Å². The Balaban J connectivity index is 0.000000411. The summed E-state index contributed by atoms with van der Waals surface area (Å²) in [7, 11) is 0. The molecule has 18 heavy (non-hydrogen) atoms. The van der Waals surface area contributed by atoms with Crippen LogP contribution in [0.15, 0.2) is 36.4 Å². The smallest absolute Gasteiger partial charge is 0.0540 e. The molecule has 0 fully saturated rings. The minimum atomic E-state index is 0.181. The largest absolute Gasteiger partial charge is 0.396 e. The van der Waals surface area contributed by atoms with Gasteiger partial charge in [0, 0.05) is 13.0 Å². The van der Waals surface area contributed by atoms with Crippen molar-refractivity contribution in [2.24, 2.45) is 0 Å². The fraction of sp³-hybridized carbons (Fsp3) is 0.375. The van der Waals surface area contributed by atoms with E-state index >= 15 is 0 Å². The number of hydrogen-bond donors (Lipinski definition) is 2. The van der Waals surface area contributed by atoms with Crippen LogP contribution in [0.1, 0.15) is 32.3 Å². The summed E-state index contributed by atoms with van der Waals surface area (Å²) in [5.41, 5.74) is 2.41. The summed E-state index contributed by atoms with van der Waals surface area (Å²) >= 11 is 0. The van der Waals surface area contributed by atoms with E-state index < -0.39 is 0 Å². The van der Waals surface area contributed by atoms with Crippen LogP contribution in [0.25, 0.3) is 5.57 Å². The first-order valence-corrected chi connectivity index (χ1v) is 6.12. The number of hydrogen-bond acceptors (Lipinski definition) is 2. The van der Waals surface area contributed by atoms with Crippen molar-refractivity contribution in [3.05, 3.63) is 42.0 Å². The molecule has 0 saturated heterocycles. The van der Waals surface area contributed by atoms with E-state index in [2.05, 4.69) is 24.0 Å². The van der Waals surface area contributed by atoms with E-state index in [0.29, 0.717) is 6.42 Å². The quantitative estimate of drug-likeness (QED) is 0.802. The van der Waals surface area contributed by atoms with E-state index in [1.165, 1.54) is 11.1 Å². The zero-order valence-electron chi connectivity index (χ0n) is 11.2. The van der Waals surface area contributed by atoms with Gasteiger partial charge in [0.25, 0.3) is 0 Å². The maximum atomic E-state index is 8.79. The first-order chi connectivity index (χ1) is 8.79. The van der Waals surface area contributed by atoms with Crippen molar-refractivity contribution in [1.29, 1.82) is 0 Å². The average molecular weight is 246 g/mol. The minimum Gasteiger partial charge on any atom is -0.396 e. The lowest BCUT2D eigenvalue weighted by Crippen LogP contribution is -1.87. The lowest BCUT2D eigenvalue weighted by atomic mass is 10.0. The van der Waals surface area contributed by atoms with E-state index in [9.17, 15) is 0 Å². The predicted molar refractivity (Wildman–Crippen MR) is 76.9 cm³/mol. The van der Waals surface area contributed by atoms with Crippen LogP contribution in [-0.4, -0.2) is 23.4 Å². The Kier molecular flexibility index (Phi) is 10.9. The zero-order valence-corrected chi connectivity index (χ0v) is 11.2. The van der Waals surface area contributed by atoms with E-state index in [1.807, 2.05) is 31.2 Å². The fourth-order valence-electron chi connectivity index (χ4n) is 1.41. The molecule has 1 rings (SSSR count). The molecule has 1 aromatic rings. The molecule has 2 heteroatoms. The highest BCUT2D eigenvalue weighted by Crippen LogP contribution is 2.16. The molecule has 0 aliphatic rings. The molecule has 0 spiro atoms. The molecule has 0 heterocycles. The van der Waals surface area contributed by atoms with E-state index in [4.69, 9.17) is 10.2 Å². The van der Waals surface area contributed by atoms with Crippen LogP contribution < -0.4 is 0 Å². The first kappa shape index (κ1) is 16.4. The van der Waals surface area contributed by atoms with Crippen LogP contribution in [-0.2, 0) is 0 Å². The van der Waals surface area contributed by atoms with Crippen molar-refractivity contribution in [1.82, 2.24) is 0 Å². The number of aliphatic hydroxyl groups excluding tert-OH is 2. The minimum absolute atomic E-state index is 0.181. The second-order valence-electron chi connectivity index (χ2n) is 3.55. The normalized spacial score (nSPS) is 9.89. The Morgan fingerprint density at radius 2 is 1.83 bits per heavy atom. The molecule has 0 bridgehead atoms. The maximum absolute atomic E-state index is 8.79. The summed E-state index contributed by atoms with van der Waals surface area (Å²) in [5, 5.41) is 16.9. The van der Waals surface area contributed by atoms with Gasteiger partial charge in [-0.3, -0.25) is 0 Å².